The SMILES string of the molecule is Cc1c(I)[nH]c(I)c1C=C[N+](=O)[O-]. The van der Waals surface area contributed by atoms with Gasteiger partial charge in [0.05, 0.1) is 12.3 Å². The minimum atomic E-state index is -0.463. The Morgan fingerprint density at radius 2 is 2.08 bits per heavy atom. The highest BCUT2D eigenvalue weighted by Crippen LogP contribution is 2.22. The van der Waals surface area contributed by atoms with Crippen molar-refractivity contribution in [3.05, 3.63) is 34.8 Å². The van der Waals surface area contributed by atoms with Crippen LogP contribution in [0, 0.1) is 24.4 Å². The van der Waals surface area contributed by atoms with Gasteiger partial charge in [-0.3, -0.25) is 10.1 Å². The number of H-pyrrole nitrogens is 1. The molecule has 13 heavy (non-hydrogen) atoms. The second-order valence-electron chi connectivity index (χ2n) is 2.39. The Labute approximate surface area is 102 Å². The molecule has 6 heteroatoms. The van der Waals surface area contributed by atoms with Gasteiger partial charge in [-0.1, -0.05) is 0 Å². The summed E-state index contributed by atoms with van der Waals surface area (Å²) >= 11 is 4.28. The molecule has 1 aromatic rings. The number of rotatable bonds is 2. The molecule has 0 atom stereocenters. The van der Waals surface area contributed by atoms with Crippen molar-refractivity contribution in [1.29, 1.82) is 0 Å². The number of nitro groups is 1. The quantitative estimate of drug-likeness (QED) is 0.469. The van der Waals surface area contributed by atoms with Crippen molar-refractivity contribution < 1.29 is 4.92 Å². The number of aromatic amines is 1. The Hall–Kier alpha value is -0.120. The van der Waals surface area contributed by atoms with Crippen LogP contribution >= 0.6 is 45.2 Å². The number of nitrogens with zero attached hydrogens (tertiary/aromatic N) is 1. The summed E-state index contributed by atoms with van der Waals surface area (Å²) in [6.45, 7) is 1.93. The van der Waals surface area contributed by atoms with E-state index in [1.807, 2.05) is 6.92 Å². The zero-order chi connectivity index (χ0) is 10.0. The van der Waals surface area contributed by atoms with Crippen LogP contribution in [0.1, 0.15) is 11.1 Å². The number of halogens is 2. The van der Waals surface area contributed by atoms with Crippen molar-refractivity contribution in [3.8, 4) is 0 Å². The molecule has 0 saturated carbocycles. The van der Waals surface area contributed by atoms with Gasteiger partial charge in [-0.15, -0.1) is 0 Å². The van der Waals surface area contributed by atoms with Crippen molar-refractivity contribution in [1.82, 2.24) is 4.98 Å². The van der Waals surface area contributed by atoms with Crippen LogP contribution in [0.3, 0.4) is 0 Å². The van der Waals surface area contributed by atoms with Gasteiger partial charge in [0, 0.05) is 11.6 Å². The van der Waals surface area contributed by atoms with Gasteiger partial charge in [-0.05, 0) is 57.7 Å². The standard InChI is InChI=1S/C7H6I2N2O2/c1-4-5(2-3-11(12)13)7(9)10-6(4)8/h2-3,10H,1H3. The van der Waals surface area contributed by atoms with E-state index < -0.39 is 4.92 Å². The van der Waals surface area contributed by atoms with Crippen molar-refractivity contribution in [2.75, 3.05) is 0 Å². The van der Waals surface area contributed by atoms with E-state index in [1.165, 1.54) is 6.08 Å². The predicted octanol–water partition coefficient (Wildman–Crippen LogP) is 2.78. The maximum absolute atomic E-state index is 10.1. The van der Waals surface area contributed by atoms with Crippen LogP contribution < -0.4 is 0 Å². The van der Waals surface area contributed by atoms with Crippen LogP contribution in [0.2, 0.25) is 0 Å². The second-order valence-corrected chi connectivity index (χ2v) is 4.55. The number of aromatic nitrogens is 1. The molecule has 1 heterocycles. The first-order valence-electron chi connectivity index (χ1n) is 3.37. The summed E-state index contributed by atoms with van der Waals surface area (Å²) in [6.07, 6.45) is 2.46. The third-order valence-corrected chi connectivity index (χ3v) is 3.48. The van der Waals surface area contributed by atoms with Crippen molar-refractivity contribution in [3.63, 3.8) is 0 Å². The van der Waals surface area contributed by atoms with Gasteiger partial charge < -0.3 is 4.98 Å². The van der Waals surface area contributed by atoms with E-state index in [1.54, 1.807) is 0 Å². The molecule has 0 aliphatic heterocycles. The maximum atomic E-state index is 10.1. The topological polar surface area (TPSA) is 58.9 Å². The lowest BCUT2D eigenvalue weighted by Crippen LogP contribution is -1.84. The first kappa shape index (κ1) is 11.0. The van der Waals surface area contributed by atoms with E-state index >= 15 is 0 Å². The molecule has 0 amide bonds. The van der Waals surface area contributed by atoms with Gasteiger partial charge >= 0.3 is 0 Å². The molecule has 0 unspecified atom stereocenters. The van der Waals surface area contributed by atoms with Crippen LogP contribution in [0.5, 0.6) is 0 Å². The zero-order valence-electron chi connectivity index (χ0n) is 6.67. The van der Waals surface area contributed by atoms with Crippen LogP contribution in [0.15, 0.2) is 6.20 Å². The average Bonchev–Trinajstić information content (AvgIpc) is 2.24. The summed E-state index contributed by atoms with van der Waals surface area (Å²) in [5.41, 5.74) is 1.94. The minimum Gasteiger partial charge on any atom is -0.345 e. The van der Waals surface area contributed by atoms with Gasteiger partial charge in [0.25, 0.3) is 0 Å². The zero-order valence-corrected chi connectivity index (χ0v) is 11.0. The number of hydrogen-bond donors (Lipinski definition) is 1. The summed E-state index contributed by atoms with van der Waals surface area (Å²) in [4.78, 5) is 12.7. The minimum absolute atomic E-state index is 0.463. The van der Waals surface area contributed by atoms with Gasteiger partial charge in [0.15, 0.2) is 0 Å². The van der Waals surface area contributed by atoms with Gasteiger partial charge in [0.2, 0.25) is 6.20 Å². The lowest BCUT2D eigenvalue weighted by molar-refractivity contribution is -0.400. The Bertz CT molecular complexity index is 371. The normalized spacial score (nSPS) is 11.0. The highest BCUT2D eigenvalue weighted by atomic mass is 127. The average molecular weight is 404 g/mol. The molecule has 0 saturated heterocycles. The highest BCUT2D eigenvalue weighted by molar-refractivity contribution is 14.1. The molecule has 0 fully saturated rings. The molecule has 0 bridgehead atoms. The third-order valence-electron chi connectivity index (χ3n) is 1.55. The summed E-state index contributed by atoms with van der Waals surface area (Å²) in [7, 11) is 0. The fourth-order valence-electron chi connectivity index (χ4n) is 0.874. The number of nitrogens with one attached hydrogen (secondary N) is 1. The largest absolute Gasteiger partial charge is 0.345 e. The smallest absolute Gasteiger partial charge is 0.235 e. The molecular weight excluding hydrogens is 398 g/mol. The lowest BCUT2D eigenvalue weighted by atomic mass is 10.2. The molecule has 0 aliphatic carbocycles. The van der Waals surface area contributed by atoms with Gasteiger partial charge in [-0.2, -0.15) is 0 Å². The van der Waals surface area contributed by atoms with Crippen LogP contribution in [0.4, 0.5) is 0 Å². The molecule has 1 aromatic heterocycles. The molecule has 0 aromatic carbocycles. The third kappa shape index (κ3) is 2.66. The Morgan fingerprint density at radius 1 is 1.46 bits per heavy atom. The monoisotopic (exact) mass is 404 g/mol. The van der Waals surface area contributed by atoms with E-state index in [9.17, 15) is 10.1 Å². The fraction of sp³-hybridized carbons (Fsp3) is 0.143. The fourth-order valence-corrected chi connectivity index (χ4v) is 2.80. The van der Waals surface area contributed by atoms with Crippen molar-refractivity contribution >= 4 is 51.3 Å². The molecule has 70 valence electrons. The Kier molecular flexibility index (Phi) is 3.71. The predicted molar refractivity (Wildman–Crippen MR) is 67.0 cm³/mol. The first-order chi connectivity index (χ1) is 6.02. The van der Waals surface area contributed by atoms with Crippen LogP contribution in [-0.4, -0.2) is 9.91 Å². The van der Waals surface area contributed by atoms with E-state index in [4.69, 9.17) is 0 Å². The van der Waals surface area contributed by atoms with Gasteiger partial charge in [-0.25, -0.2) is 0 Å². The molecule has 0 spiro atoms. The van der Waals surface area contributed by atoms with Crippen LogP contribution in [0.25, 0.3) is 6.08 Å². The molecular formula is C7H6I2N2O2. The molecule has 4 nitrogen and oxygen atoms in total. The number of hydrogen-bond acceptors (Lipinski definition) is 2. The van der Waals surface area contributed by atoms with Crippen LogP contribution in [-0.2, 0) is 0 Å². The second kappa shape index (κ2) is 4.40. The van der Waals surface area contributed by atoms with Crippen molar-refractivity contribution in [2.24, 2.45) is 0 Å². The van der Waals surface area contributed by atoms with E-state index in [-0.39, 0.29) is 0 Å². The van der Waals surface area contributed by atoms with E-state index in [0.717, 1.165) is 24.7 Å². The molecule has 0 aliphatic rings. The summed E-state index contributed by atoms with van der Waals surface area (Å²) in [5.74, 6) is 0. The Balaban J connectivity index is 3.07. The lowest BCUT2D eigenvalue weighted by Gasteiger charge is -1.89. The first-order valence-corrected chi connectivity index (χ1v) is 5.53. The Morgan fingerprint density at radius 3 is 2.46 bits per heavy atom. The molecule has 1 rings (SSSR count). The maximum Gasteiger partial charge on any atom is 0.235 e. The van der Waals surface area contributed by atoms with E-state index in [0.29, 0.717) is 0 Å². The van der Waals surface area contributed by atoms with Gasteiger partial charge in [0.1, 0.15) is 0 Å². The summed E-state index contributed by atoms with van der Waals surface area (Å²) in [6, 6.07) is 0. The van der Waals surface area contributed by atoms with E-state index in [2.05, 4.69) is 50.2 Å². The van der Waals surface area contributed by atoms with Crippen molar-refractivity contribution in [2.45, 2.75) is 6.92 Å². The summed E-state index contributed by atoms with van der Waals surface area (Å²) < 4.78 is 1.95. The highest BCUT2D eigenvalue weighted by Gasteiger charge is 2.08. The molecule has 1 N–H and O–H groups in total. The summed E-state index contributed by atoms with van der Waals surface area (Å²) in [5, 5.41) is 10.1. The molecule has 0 radical (unpaired) electrons.